The van der Waals surface area contributed by atoms with Gasteiger partial charge in [-0.1, -0.05) is 34.5 Å². The quantitative estimate of drug-likeness (QED) is 0.299. The Bertz CT molecular complexity index is 1760. The van der Waals surface area contributed by atoms with Gasteiger partial charge in [-0.15, -0.1) is 33.2 Å². The molecule has 2 saturated heterocycles. The molecule has 2 N–H and O–H groups in total. The molecule has 0 atom stereocenters. The average molecular weight is 792 g/mol. The van der Waals surface area contributed by atoms with E-state index in [1.165, 1.54) is 33.2 Å². The van der Waals surface area contributed by atoms with Crippen LogP contribution in [0.4, 0.5) is 10.3 Å². The lowest BCUT2D eigenvalue weighted by molar-refractivity contribution is -0.127. The number of hydrogen-bond donors (Lipinski definition) is 2. The zero-order chi connectivity index (χ0) is 40.0. The van der Waals surface area contributed by atoms with Gasteiger partial charge in [0, 0.05) is 38.9 Å². The summed E-state index contributed by atoms with van der Waals surface area (Å²) in [6.45, 7) is 18.5. The van der Waals surface area contributed by atoms with Crippen LogP contribution < -0.4 is 10.6 Å². The average Bonchev–Trinajstić information content (AvgIpc) is 3.79. The number of nitrogens with zero attached hydrogens (tertiary/aromatic N) is 7. The molecule has 2 aliphatic rings. The van der Waals surface area contributed by atoms with Crippen LogP contribution in [-0.2, 0) is 35.2 Å². The molecular weight excluding hydrogens is 735 g/mol. The van der Waals surface area contributed by atoms with E-state index in [4.69, 9.17) is 17.6 Å². The molecule has 0 spiro atoms. The zero-order valence-corrected chi connectivity index (χ0v) is 35.5. The summed E-state index contributed by atoms with van der Waals surface area (Å²) in [7, 11) is 0.712. The summed E-state index contributed by atoms with van der Waals surface area (Å²) < 4.78 is 30.3. The first kappa shape index (κ1) is 44.4. The number of amides is 2. The third kappa shape index (κ3) is 11.5. The number of nitrogens with one attached hydrogen (secondary N) is 2. The van der Waals surface area contributed by atoms with Crippen molar-refractivity contribution in [1.82, 2.24) is 34.5 Å². The standard InChI is InChI=1S/C18H29N5O3S2.C18H28N4O2S/c1-8-17(2,3)15-20-21-16(27-15)19-14(24)18(4,5)22(6)13-9-11-23(12-10-13)28(7,25)26;1-7-17(2,3)15-20-21-16(25-15)19-14(23)18(4,5)22(6)12-13-8-10-24-11-9-13/h1,13H,9-12H2,2-7H3,(H,19,21,24);1,13H,8-12H2,2-6H3,(H,19,21,23). The van der Waals surface area contributed by atoms with Crippen LogP contribution >= 0.6 is 22.7 Å². The summed E-state index contributed by atoms with van der Waals surface area (Å²) in [6.07, 6.45) is 15.7. The van der Waals surface area contributed by atoms with Crippen molar-refractivity contribution in [2.75, 3.05) is 63.8 Å². The van der Waals surface area contributed by atoms with Crippen molar-refractivity contribution in [3.8, 4) is 24.7 Å². The van der Waals surface area contributed by atoms with E-state index in [0.29, 0.717) is 47.1 Å². The van der Waals surface area contributed by atoms with Crippen LogP contribution in [0.5, 0.6) is 0 Å². The highest BCUT2D eigenvalue weighted by molar-refractivity contribution is 7.88. The molecule has 2 aromatic heterocycles. The molecule has 0 saturated carbocycles. The summed E-state index contributed by atoms with van der Waals surface area (Å²) in [5, 5.41) is 24.3. The highest BCUT2D eigenvalue weighted by Crippen LogP contribution is 2.31. The topological polar surface area (TPSA) is 163 Å². The van der Waals surface area contributed by atoms with Gasteiger partial charge in [0.05, 0.1) is 28.2 Å². The molecular formula is C36H57N9O5S3. The number of anilines is 2. The lowest BCUT2D eigenvalue weighted by Crippen LogP contribution is -2.57. The number of carbonyl (C=O) groups is 2. The SMILES string of the molecule is C#CC(C)(C)c1nnc(NC(=O)C(C)(C)N(C)C2CCN(S(C)(=O)=O)CC2)s1.C#CC(C)(C)c1nnc(NC(=O)C(C)(C)N(C)CC2CCOCC2)s1. The summed E-state index contributed by atoms with van der Waals surface area (Å²) >= 11 is 2.60. The maximum Gasteiger partial charge on any atom is 0.246 e. The number of terminal acetylenes is 2. The minimum absolute atomic E-state index is 0.0942. The van der Waals surface area contributed by atoms with Gasteiger partial charge in [0.1, 0.15) is 10.0 Å². The molecule has 17 heteroatoms. The minimum atomic E-state index is -3.17. The van der Waals surface area contributed by atoms with Crippen molar-refractivity contribution in [3.63, 3.8) is 0 Å². The molecule has 2 fully saturated rings. The van der Waals surface area contributed by atoms with E-state index in [9.17, 15) is 18.0 Å². The van der Waals surface area contributed by atoms with Gasteiger partial charge in [-0.3, -0.25) is 30.0 Å². The normalized spacial score (nSPS) is 17.1. The molecule has 0 radical (unpaired) electrons. The van der Waals surface area contributed by atoms with E-state index in [0.717, 1.165) is 37.6 Å². The van der Waals surface area contributed by atoms with Gasteiger partial charge < -0.3 is 4.74 Å². The summed E-state index contributed by atoms with van der Waals surface area (Å²) in [5.41, 5.74) is -2.48. The first-order chi connectivity index (χ1) is 24.4. The van der Waals surface area contributed by atoms with Crippen molar-refractivity contribution in [3.05, 3.63) is 10.0 Å². The molecule has 0 aromatic carbocycles. The van der Waals surface area contributed by atoms with Gasteiger partial charge >= 0.3 is 0 Å². The van der Waals surface area contributed by atoms with Crippen molar-refractivity contribution in [2.45, 2.75) is 109 Å². The largest absolute Gasteiger partial charge is 0.381 e. The lowest BCUT2D eigenvalue weighted by Gasteiger charge is -2.43. The highest BCUT2D eigenvalue weighted by Gasteiger charge is 2.39. The van der Waals surface area contributed by atoms with E-state index in [1.807, 2.05) is 74.4 Å². The highest BCUT2D eigenvalue weighted by atomic mass is 32.2. The fraction of sp³-hybridized carbons (Fsp3) is 0.722. The van der Waals surface area contributed by atoms with Crippen molar-refractivity contribution >= 4 is 54.8 Å². The van der Waals surface area contributed by atoms with Crippen LogP contribution in [0.1, 0.15) is 91.1 Å². The molecule has 294 valence electrons. The maximum atomic E-state index is 12.9. The first-order valence-electron chi connectivity index (χ1n) is 17.7. The Labute approximate surface area is 324 Å². The van der Waals surface area contributed by atoms with Crippen molar-refractivity contribution < 1.29 is 22.7 Å². The van der Waals surface area contributed by atoms with Gasteiger partial charge in [-0.2, -0.15) is 0 Å². The number of rotatable bonds is 12. The molecule has 0 bridgehead atoms. The Morgan fingerprint density at radius 1 is 0.811 bits per heavy atom. The molecule has 0 aliphatic carbocycles. The number of aromatic nitrogens is 4. The van der Waals surface area contributed by atoms with E-state index >= 15 is 0 Å². The predicted octanol–water partition coefficient (Wildman–Crippen LogP) is 4.05. The zero-order valence-electron chi connectivity index (χ0n) is 33.1. The fourth-order valence-corrected chi connectivity index (χ4v) is 8.05. The molecule has 2 aliphatic heterocycles. The third-order valence-electron chi connectivity index (χ3n) is 10.3. The molecule has 4 heterocycles. The molecule has 0 unspecified atom stereocenters. The number of piperidine rings is 1. The Morgan fingerprint density at radius 3 is 1.66 bits per heavy atom. The molecule has 53 heavy (non-hydrogen) atoms. The summed E-state index contributed by atoms with van der Waals surface area (Å²) in [6, 6.07) is 0.115. The van der Waals surface area contributed by atoms with E-state index < -0.39 is 31.9 Å². The molecule has 4 rings (SSSR count). The van der Waals surface area contributed by atoms with E-state index in [1.54, 1.807) is 0 Å². The number of ether oxygens (including phenoxy) is 1. The second kappa shape index (κ2) is 17.6. The fourth-order valence-electron chi connectivity index (χ4n) is 5.57. The maximum absolute atomic E-state index is 12.9. The monoisotopic (exact) mass is 791 g/mol. The van der Waals surface area contributed by atoms with Crippen LogP contribution in [0.15, 0.2) is 0 Å². The molecule has 14 nitrogen and oxygen atoms in total. The molecule has 2 aromatic rings. The molecule has 2 amide bonds. The van der Waals surface area contributed by atoms with Crippen LogP contribution in [0, 0.1) is 30.6 Å². The van der Waals surface area contributed by atoms with Crippen LogP contribution in [0.3, 0.4) is 0 Å². The van der Waals surface area contributed by atoms with Crippen LogP contribution in [0.2, 0.25) is 0 Å². The smallest absolute Gasteiger partial charge is 0.246 e. The number of hydrogen-bond acceptors (Lipinski definition) is 13. The second-order valence-corrected chi connectivity index (χ2v) is 19.8. The first-order valence-corrected chi connectivity index (χ1v) is 21.2. The van der Waals surface area contributed by atoms with Crippen LogP contribution in [-0.4, -0.2) is 125 Å². The number of carbonyl (C=O) groups excluding carboxylic acids is 2. The number of likely N-dealkylation sites (N-methyl/N-ethyl adjacent to an activating group) is 2. The second-order valence-electron chi connectivity index (χ2n) is 15.8. The van der Waals surface area contributed by atoms with E-state index in [-0.39, 0.29) is 17.9 Å². The van der Waals surface area contributed by atoms with Gasteiger partial charge in [0.15, 0.2) is 0 Å². The van der Waals surface area contributed by atoms with Gasteiger partial charge in [-0.05, 0) is 101 Å². The van der Waals surface area contributed by atoms with Gasteiger partial charge in [-0.25, -0.2) is 12.7 Å². The predicted molar refractivity (Wildman–Crippen MR) is 212 cm³/mol. The van der Waals surface area contributed by atoms with Crippen LogP contribution in [0.25, 0.3) is 0 Å². The third-order valence-corrected chi connectivity index (χ3v) is 14.0. The summed E-state index contributed by atoms with van der Waals surface area (Å²) in [4.78, 5) is 29.8. The Hall–Kier alpha value is -3.03. The number of sulfonamides is 1. The lowest BCUT2D eigenvalue weighted by atomic mass is 9.95. The van der Waals surface area contributed by atoms with Gasteiger partial charge in [0.25, 0.3) is 0 Å². The van der Waals surface area contributed by atoms with Crippen molar-refractivity contribution in [2.24, 2.45) is 5.92 Å². The summed E-state index contributed by atoms with van der Waals surface area (Å²) in [5.74, 6) is 5.64. The van der Waals surface area contributed by atoms with E-state index in [2.05, 4.69) is 47.8 Å². The Kier molecular flexibility index (Phi) is 14.8. The Morgan fingerprint density at radius 2 is 1.25 bits per heavy atom. The van der Waals surface area contributed by atoms with Gasteiger partial charge in [0.2, 0.25) is 32.1 Å². The Balaban J connectivity index is 0.000000287. The van der Waals surface area contributed by atoms with Crippen molar-refractivity contribution in [1.29, 1.82) is 0 Å². The minimum Gasteiger partial charge on any atom is -0.381 e.